The maximum absolute atomic E-state index is 5.70. The van der Waals surface area contributed by atoms with Gasteiger partial charge in [0, 0.05) is 12.0 Å². The lowest BCUT2D eigenvalue weighted by atomic mass is 9.82. The first-order valence-corrected chi connectivity index (χ1v) is 6.53. The van der Waals surface area contributed by atoms with Gasteiger partial charge in [-0.25, -0.2) is 0 Å². The fraction of sp³-hybridized carbons (Fsp3) is 0.412. The third-order valence-corrected chi connectivity index (χ3v) is 3.51. The normalized spacial score (nSPS) is 33.4. The summed E-state index contributed by atoms with van der Waals surface area (Å²) in [6, 6.07) is 0.397. The standard InChI is InChI=1S/C17H23N/c1-5-7-13-18-17-12-10-8-9-11-14(3)16(6-2)15(17)4/h2,5,7-9,11,13,15-18H,1,10,12H2,3-4H3/b9-8-,13-7-,14-11-. The fourth-order valence-electron chi connectivity index (χ4n) is 2.37. The van der Waals surface area contributed by atoms with E-state index in [-0.39, 0.29) is 5.92 Å². The molecule has 0 aromatic carbocycles. The third kappa shape index (κ3) is 3.96. The van der Waals surface area contributed by atoms with Crippen LogP contribution < -0.4 is 5.32 Å². The Balaban J connectivity index is 2.86. The second kappa shape index (κ2) is 7.61. The molecule has 1 N–H and O–H groups in total. The largest absolute Gasteiger partial charge is 0.388 e. The van der Waals surface area contributed by atoms with Crippen molar-refractivity contribution in [2.75, 3.05) is 0 Å². The van der Waals surface area contributed by atoms with Crippen LogP contribution in [0.5, 0.6) is 0 Å². The predicted octanol–water partition coefficient (Wildman–Crippen LogP) is 3.83. The number of rotatable bonds is 3. The van der Waals surface area contributed by atoms with Crippen LogP contribution in [0.1, 0.15) is 26.7 Å². The summed E-state index contributed by atoms with van der Waals surface area (Å²) in [4.78, 5) is 0. The number of nitrogens with one attached hydrogen (secondary N) is 1. The molecule has 0 aromatic rings. The van der Waals surface area contributed by atoms with E-state index in [1.807, 2.05) is 12.3 Å². The van der Waals surface area contributed by atoms with Gasteiger partial charge in [-0.3, -0.25) is 0 Å². The van der Waals surface area contributed by atoms with Crippen LogP contribution in [0.25, 0.3) is 0 Å². The molecule has 0 spiro atoms. The van der Waals surface area contributed by atoms with Crippen molar-refractivity contribution in [2.45, 2.75) is 32.7 Å². The highest BCUT2D eigenvalue weighted by atomic mass is 14.9. The van der Waals surface area contributed by atoms with E-state index in [0.29, 0.717) is 12.0 Å². The molecule has 1 aliphatic rings. The van der Waals surface area contributed by atoms with Gasteiger partial charge in [0.15, 0.2) is 0 Å². The van der Waals surface area contributed by atoms with E-state index >= 15 is 0 Å². The molecule has 0 saturated carbocycles. The van der Waals surface area contributed by atoms with E-state index < -0.39 is 0 Å². The minimum atomic E-state index is 0.197. The van der Waals surface area contributed by atoms with Crippen LogP contribution in [0.15, 0.2) is 48.7 Å². The van der Waals surface area contributed by atoms with Crippen LogP contribution in [0.4, 0.5) is 0 Å². The average molecular weight is 241 g/mol. The SMILES string of the molecule is C#CC1/C(C)=C\C=C/CCC(N/C=C\C=C)C1C. The Morgan fingerprint density at radius 3 is 3.00 bits per heavy atom. The lowest BCUT2D eigenvalue weighted by Crippen LogP contribution is -2.35. The quantitative estimate of drug-likeness (QED) is 0.585. The molecular formula is C17H23N. The predicted molar refractivity (Wildman–Crippen MR) is 79.9 cm³/mol. The minimum absolute atomic E-state index is 0.197. The lowest BCUT2D eigenvalue weighted by Gasteiger charge is -2.28. The van der Waals surface area contributed by atoms with Gasteiger partial charge < -0.3 is 5.32 Å². The van der Waals surface area contributed by atoms with Crippen LogP contribution in [0, 0.1) is 24.2 Å². The molecule has 0 amide bonds. The lowest BCUT2D eigenvalue weighted by molar-refractivity contribution is 0.347. The summed E-state index contributed by atoms with van der Waals surface area (Å²) in [5.41, 5.74) is 1.27. The van der Waals surface area contributed by atoms with E-state index in [1.54, 1.807) is 6.08 Å². The number of hydrogen-bond donors (Lipinski definition) is 1. The fourth-order valence-corrected chi connectivity index (χ4v) is 2.37. The molecule has 0 saturated heterocycles. The van der Waals surface area contributed by atoms with E-state index in [2.05, 4.69) is 49.9 Å². The molecule has 0 fully saturated rings. The van der Waals surface area contributed by atoms with Gasteiger partial charge in [-0.2, -0.15) is 0 Å². The smallest absolute Gasteiger partial charge is 0.0454 e. The van der Waals surface area contributed by atoms with Crippen LogP contribution in [0.3, 0.4) is 0 Å². The summed E-state index contributed by atoms with van der Waals surface area (Å²) >= 11 is 0. The van der Waals surface area contributed by atoms with Crippen LogP contribution >= 0.6 is 0 Å². The summed E-state index contributed by atoms with van der Waals surface area (Å²) in [5, 5.41) is 3.44. The van der Waals surface area contributed by atoms with Crippen LogP contribution in [0.2, 0.25) is 0 Å². The average Bonchev–Trinajstić information content (AvgIpc) is 2.42. The number of terminal acetylenes is 1. The van der Waals surface area contributed by atoms with Crippen molar-refractivity contribution >= 4 is 0 Å². The molecule has 0 bridgehead atoms. The molecule has 1 rings (SSSR count). The first-order chi connectivity index (χ1) is 8.70. The Morgan fingerprint density at radius 1 is 1.56 bits per heavy atom. The summed E-state index contributed by atoms with van der Waals surface area (Å²) in [5.74, 6) is 3.55. The summed E-state index contributed by atoms with van der Waals surface area (Å²) in [6.45, 7) is 8.02. The Hall–Kier alpha value is -1.68. The van der Waals surface area contributed by atoms with Gasteiger partial charge in [0.2, 0.25) is 0 Å². The highest BCUT2D eigenvalue weighted by molar-refractivity contribution is 5.22. The Morgan fingerprint density at radius 2 is 2.33 bits per heavy atom. The molecule has 3 atom stereocenters. The van der Waals surface area contributed by atoms with Crippen LogP contribution in [-0.2, 0) is 0 Å². The molecule has 1 heteroatoms. The van der Waals surface area contributed by atoms with Crippen molar-refractivity contribution in [3.63, 3.8) is 0 Å². The van der Waals surface area contributed by atoms with Crippen molar-refractivity contribution in [1.29, 1.82) is 0 Å². The highest BCUT2D eigenvalue weighted by Gasteiger charge is 2.24. The van der Waals surface area contributed by atoms with Gasteiger partial charge >= 0.3 is 0 Å². The molecule has 0 heterocycles. The zero-order valence-electron chi connectivity index (χ0n) is 11.4. The van der Waals surface area contributed by atoms with Crippen molar-refractivity contribution < 1.29 is 0 Å². The number of allylic oxidation sites excluding steroid dienone is 6. The van der Waals surface area contributed by atoms with E-state index in [1.165, 1.54) is 5.57 Å². The zero-order chi connectivity index (χ0) is 13.4. The molecule has 3 unspecified atom stereocenters. The first kappa shape index (κ1) is 14.4. The molecule has 1 nitrogen and oxygen atoms in total. The monoisotopic (exact) mass is 241 g/mol. The molecule has 96 valence electrons. The zero-order valence-corrected chi connectivity index (χ0v) is 11.4. The van der Waals surface area contributed by atoms with E-state index in [4.69, 9.17) is 6.42 Å². The van der Waals surface area contributed by atoms with Gasteiger partial charge in [-0.1, -0.05) is 49.3 Å². The molecular weight excluding hydrogens is 218 g/mol. The van der Waals surface area contributed by atoms with Crippen molar-refractivity contribution in [2.24, 2.45) is 11.8 Å². The Kier molecular flexibility index (Phi) is 6.08. The number of hydrogen-bond acceptors (Lipinski definition) is 1. The second-order valence-corrected chi connectivity index (χ2v) is 4.79. The summed E-state index contributed by atoms with van der Waals surface area (Å²) in [6.07, 6.45) is 20.0. The molecule has 0 aromatic heterocycles. The van der Waals surface area contributed by atoms with Gasteiger partial charge in [-0.15, -0.1) is 6.42 Å². The second-order valence-electron chi connectivity index (χ2n) is 4.79. The van der Waals surface area contributed by atoms with Crippen molar-refractivity contribution in [1.82, 2.24) is 5.32 Å². The Labute approximate surface area is 111 Å². The van der Waals surface area contributed by atoms with Crippen molar-refractivity contribution in [3.05, 3.63) is 48.7 Å². The molecule has 0 aliphatic heterocycles. The molecule has 1 aliphatic carbocycles. The third-order valence-electron chi connectivity index (χ3n) is 3.51. The van der Waals surface area contributed by atoms with E-state index in [9.17, 15) is 0 Å². The van der Waals surface area contributed by atoms with Gasteiger partial charge in [0.25, 0.3) is 0 Å². The van der Waals surface area contributed by atoms with Crippen molar-refractivity contribution in [3.8, 4) is 12.3 Å². The maximum atomic E-state index is 5.70. The van der Waals surface area contributed by atoms with Gasteiger partial charge in [0.1, 0.15) is 0 Å². The van der Waals surface area contributed by atoms with Gasteiger partial charge in [-0.05, 0) is 38.0 Å². The minimum Gasteiger partial charge on any atom is -0.388 e. The van der Waals surface area contributed by atoms with E-state index in [0.717, 1.165) is 12.8 Å². The highest BCUT2D eigenvalue weighted by Crippen LogP contribution is 2.26. The molecule has 0 radical (unpaired) electrons. The summed E-state index contributed by atoms with van der Waals surface area (Å²) < 4.78 is 0. The van der Waals surface area contributed by atoms with Crippen LogP contribution in [-0.4, -0.2) is 6.04 Å². The Bertz CT molecular complexity index is 392. The van der Waals surface area contributed by atoms with Gasteiger partial charge in [0.05, 0.1) is 0 Å². The maximum Gasteiger partial charge on any atom is 0.0454 e. The first-order valence-electron chi connectivity index (χ1n) is 6.53. The summed E-state index contributed by atoms with van der Waals surface area (Å²) in [7, 11) is 0. The topological polar surface area (TPSA) is 12.0 Å². The molecule has 18 heavy (non-hydrogen) atoms.